The number of aliphatic imine (C=N–C) groups is 1. The van der Waals surface area contributed by atoms with Gasteiger partial charge in [0.05, 0.1) is 0 Å². The van der Waals surface area contributed by atoms with Crippen molar-refractivity contribution < 1.29 is 0 Å². The molecule has 0 saturated carbocycles. The van der Waals surface area contributed by atoms with Crippen LogP contribution in [0.1, 0.15) is 16.8 Å². The highest BCUT2D eigenvalue weighted by Crippen LogP contribution is 2.20. The van der Waals surface area contributed by atoms with Gasteiger partial charge in [-0.25, -0.2) is 4.98 Å². The Morgan fingerprint density at radius 2 is 2.43 bits per heavy atom. The molecule has 0 amide bonds. The Labute approximate surface area is 87.4 Å². The Morgan fingerprint density at radius 1 is 1.71 bits per heavy atom. The van der Waals surface area contributed by atoms with Crippen LogP contribution in [0.2, 0.25) is 0 Å². The first-order chi connectivity index (χ1) is 6.69. The normalized spacial score (nSPS) is 13.4. The molecule has 0 atom stereocenters. The molecule has 1 aromatic rings. The summed E-state index contributed by atoms with van der Waals surface area (Å²) in [6, 6.07) is 0. The molecule has 1 rings (SSSR count). The van der Waals surface area contributed by atoms with Crippen molar-refractivity contribution in [2.75, 3.05) is 7.05 Å². The Kier molecular flexibility index (Phi) is 3.79. The van der Waals surface area contributed by atoms with Crippen LogP contribution in [0.15, 0.2) is 16.9 Å². The fraction of sp³-hybridized carbons (Fsp3) is 0.333. The third kappa shape index (κ3) is 2.40. The van der Waals surface area contributed by atoms with Crippen molar-refractivity contribution in [1.82, 2.24) is 4.98 Å². The minimum Gasteiger partial charge on any atom is -0.402 e. The number of hydrogen-bond acceptors (Lipinski definition) is 5. The van der Waals surface area contributed by atoms with E-state index in [1.807, 2.05) is 6.92 Å². The maximum absolute atomic E-state index is 5.73. The van der Waals surface area contributed by atoms with Crippen LogP contribution < -0.4 is 11.5 Å². The first-order valence-electron chi connectivity index (χ1n) is 4.22. The molecule has 0 aliphatic carbocycles. The van der Waals surface area contributed by atoms with Gasteiger partial charge in [-0.3, -0.25) is 4.99 Å². The molecule has 0 aliphatic heterocycles. The number of nitrogens with zero attached hydrogens (tertiary/aromatic N) is 2. The maximum Gasteiger partial charge on any atom is 0.126 e. The van der Waals surface area contributed by atoms with E-state index in [0.717, 1.165) is 15.5 Å². The molecular formula is C9H14N4S. The second-order valence-corrected chi connectivity index (χ2v) is 3.94. The summed E-state index contributed by atoms with van der Waals surface area (Å²) in [5.41, 5.74) is 12.8. The molecule has 1 aromatic heterocycles. The van der Waals surface area contributed by atoms with Crippen LogP contribution in [0, 0.1) is 0 Å². The first kappa shape index (κ1) is 10.9. The quantitative estimate of drug-likeness (QED) is 0.730. The highest BCUT2D eigenvalue weighted by atomic mass is 32.1. The van der Waals surface area contributed by atoms with Crippen LogP contribution >= 0.6 is 11.3 Å². The zero-order valence-corrected chi connectivity index (χ0v) is 9.14. The lowest BCUT2D eigenvalue weighted by Gasteiger charge is -1.98. The zero-order valence-electron chi connectivity index (χ0n) is 8.32. The van der Waals surface area contributed by atoms with Crippen molar-refractivity contribution >= 4 is 23.1 Å². The van der Waals surface area contributed by atoms with Gasteiger partial charge in [-0.2, -0.15) is 0 Å². The summed E-state index contributed by atoms with van der Waals surface area (Å²) in [6.07, 6.45) is 3.49. The summed E-state index contributed by atoms with van der Waals surface area (Å²) >= 11 is 1.54. The van der Waals surface area contributed by atoms with Crippen LogP contribution in [-0.4, -0.2) is 18.2 Å². The predicted octanol–water partition coefficient (Wildman–Crippen LogP) is 0.992. The molecule has 0 fully saturated rings. The number of rotatable bonds is 3. The number of allylic oxidation sites excluding steroid dienone is 2. The van der Waals surface area contributed by atoms with Crippen LogP contribution in [0.25, 0.3) is 5.57 Å². The standard InChI is InChI=1S/C9H14N4S/c1-6(11)8(5-12-2)9-13-4-7(3-10)14-9/h4-5H,3,10-11H2,1-2H3/b8-6+,12-5?. The number of thiazole rings is 1. The van der Waals surface area contributed by atoms with Gasteiger partial charge in [-0.15, -0.1) is 11.3 Å². The monoisotopic (exact) mass is 210 g/mol. The van der Waals surface area contributed by atoms with E-state index in [-0.39, 0.29) is 0 Å². The van der Waals surface area contributed by atoms with Gasteiger partial charge in [0.2, 0.25) is 0 Å². The van der Waals surface area contributed by atoms with Crippen LogP contribution in [0.5, 0.6) is 0 Å². The average molecular weight is 210 g/mol. The van der Waals surface area contributed by atoms with E-state index in [4.69, 9.17) is 11.5 Å². The molecule has 0 radical (unpaired) electrons. The van der Waals surface area contributed by atoms with Crippen molar-refractivity contribution in [3.63, 3.8) is 0 Å². The van der Waals surface area contributed by atoms with Gasteiger partial charge in [0, 0.05) is 42.2 Å². The molecular weight excluding hydrogens is 196 g/mol. The molecule has 0 aromatic carbocycles. The van der Waals surface area contributed by atoms with Gasteiger partial charge in [0.25, 0.3) is 0 Å². The summed E-state index contributed by atoms with van der Waals surface area (Å²) in [5.74, 6) is 0. The summed E-state index contributed by atoms with van der Waals surface area (Å²) in [6.45, 7) is 2.35. The highest BCUT2D eigenvalue weighted by Gasteiger charge is 2.06. The molecule has 0 unspecified atom stereocenters. The predicted molar refractivity (Wildman–Crippen MR) is 61.2 cm³/mol. The minimum absolute atomic E-state index is 0.512. The maximum atomic E-state index is 5.73. The van der Waals surface area contributed by atoms with Crippen LogP contribution in [0.3, 0.4) is 0 Å². The SMILES string of the molecule is CN=C/C(=C(/C)N)c1ncc(CN)s1. The van der Waals surface area contributed by atoms with Gasteiger partial charge >= 0.3 is 0 Å². The van der Waals surface area contributed by atoms with Gasteiger partial charge in [0.1, 0.15) is 5.01 Å². The lowest BCUT2D eigenvalue weighted by molar-refractivity contribution is 1.10. The lowest BCUT2D eigenvalue weighted by Crippen LogP contribution is -1.98. The molecule has 76 valence electrons. The Morgan fingerprint density at radius 3 is 2.86 bits per heavy atom. The molecule has 0 saturated heterocycles. The van der Waals surface area contributed by atoms with Crippen molar-refractivity contribution in [1.29, 1.82) is 0 Å². The molecule has 5 heteroatoms. The third-order valence-electron chi connectivity index (χ3n) is 1.67. The van der Waals surface area contributed by atoms with Gasteiger partial charge in [-0.1, -0.05) is 0 Å². The van der Waals surface area contributed by atoms with E-state index in [2.05, 4.69) is 9.98 Å². The largest absolute Gasteiger partial charge is 0.402 e. The summed E-state index contributed by atoms with van der Waals surface area (Å²) in [7, 11) is 1.71. The number of nitrogens with two attached hydrogens (primary N) is 2. The van der Waals surface area contributed by atoms with Crippen LogP contribution in [-0.2, 0) is 6.54 Å². The first-order valence-corrected chi connectivity index (χ1v) is 5.04. The molecule has 0 bridgehead atoms. The number of hydrogen-bond donors (Lipinski definition) is 2. The van der Waals surface area contributed by atoms with E-state index in [1.54, 1.807) is 30.8 Å². The molecule has 0 aliphatic rings. The second-order valence-electron chi connectivity index (χ2n) is 2.82. The molecule has 0 spiro atoms. The summed E-state index contributed by atoms with van der Waals surface area (Å²) in [5, 5.41) is 0.871. The summed E-state index contributed by atoms with van der Waals surface area (Å²) < 4.78 is 0. The van der Waals surface area contributed by atoms with Crippen molar-refractivity contribution in [2.24, 2.45) is 16.5 Å². The zero-order chi connectivity index (χ0) is 10.6. The van der Waals surface area contributed by atoms with E-state index in [0.29, 0.717) is 12.2 Å². The third-order valence-corrected chi connectivity index (χ3v) is 2.72. The van der Waals surface area contributed by atoms with E-state index in [9.17, 15) is 0 Å². The van der Waals surface area contributed by atoms with Crippen molar-refractivity contribution in [2.45, 2.75) is 13.5 Å². The van der Waals surface area contributed by atoms with Crippen molar-refractivity contribution in [3.05, 3.63) is 21.8 Å². The highest BCUT2D eigenvalue weighted by molar-refractivity contribution is 7.13. The minimum atomic E-state index is 0.512. The van der Waals surface area contributed by atoms with E-state index < -0.39 is 0 Å². The van der Waals surface area contributed by atoms with Crippen LogP contribution in [0.4, 0.5) is 0 Å². The smallest absolute Gasteiger partial charge is 0.126 e. The fourth-order valence-corrected chi connectivity index (χ4v) is 1.85. The van der Waals surface area contributed by atoms with Gasteiger partial charge in [-0.05, 0) is 6.92 Å². The fourth-order valence-electron chi connectivity index (χ4n) is 0.981. The second kappa shape index (κ2) is 4.88. The molecule has 14 heavy (non-hydrogen) atoms. The average Bonchev–Trinajstić information content (AvgIpc) is 2.61. The van der Waals surface area contributed by atoms with Crippen molar-refractivity contribution in [3.8, 4) is 0 Å². The Balaban J connectivity index is 3.07. The van der Waals surface area contributed by atoms with E-state index >= 15 is 0 Å². The Hall–Kier alpha value is -1.20. The van der Waals surface area contributed by atoms with Gasteiger partial charge < -0.3 is 11.5 Å². The lowest BCUT2D eigenvalue weighted by atomic mass is 10.2. The van der Waals surface area contributed by atoms with E-state index in [1.165, 1.54) is 0 Å². The topological polar surface area (TPSA) is 77.3 Å². The molecule has 4 nitrogen and oxygen atoms in total. The summed E-state index contributed by atoms with van der Waals surface area (Å²) in [4.78, 5) is 9.22. The molecule has 4 N–H and O–H groups in total. The number of aromatic nitrogens is 1. The van der Waals surface area contributed by atoms with Gasteiger partial charge in [0.15, 0.2) is 0 Å². The molecule has 1 heterocycles. The Bertz CT molecular complexity index is 361.